The molecule has 2 aliphatic carbocycles. The highest BCUT2D eigenvalue weighted by atomic mass is 35.5. The van der Waals surface area contributed by atoms with E-state index in [0.29, 0.717) is 11.1 Å². The first-order chi connectivity index (χ1) is 8.24. The highest BCUT2D eigenvalue weighted by Gasteiger charge is 2.41. The van der Waals surface area contributed by atoms with Crippen LogP contribution in [0.5, 0.6) is 0 Å². The fourth-order valence-corrected chi connectivity index (χ4v) is 3.81. The van der Waals surface area contributed by atoms with E-state index in [1.165, 1.54) is 25.7 Å². The largest absolute Gasteiger partial charge is 0.366 e. The van der Waals surface area contributed by atoms with Gasteiger partial charge in [-0.2, -0.15) is 0 Å². The van der Waals surface area contributed by atoms with E-state index < -0.39 is 0 Å². The number of hydrogen-bond acceptors (Lipinski definition) is 3. The Hall–Kier alpha value is -0.830. The number of nitrogens with zero attached hydrogens (tertiary/aromatic N) is 2. The van der Waals surface area contributed by atoms with Crippen LogP contribution >= 0.6 is 11.6 Å². The molecule has 0 spiro atoms. The third-order valence-corrected chi connectivity index (χ3v) is 4.74. The molecule has 0 aliphatic heterocycles. The lowest BCUT2D eigenvalue weighted by atomic mass is 9.84. The minimum atomic E-state index is 0.456. The van der Waals surface area contributed by atoms with Gasteiger partial charge in [0.05, 0.1) is 6.20 Å². The van der Waals surface area contributed by atoms with E-state index in [-0.39, 0.29) is 0 Å². The lowest BCUT2D eigenvalue weighted by Crippen LogP contribution is -2.30. The van der Waals surface area contributed by atoms with Crippen LogP contribution in [0.4, 0.5) is 5.82 Å². The summed E-state index contributed by atoms with van der Waals surface area (Å²) in [7, 11) is 0. The van der Waals surface area contributed by atoms with Gasteiger partial charge in [0.2, 0.25) is 0 Å². The van der Waals surface area contributed by atoms with Crippen LogP contribution in [0.15, 0.2) is 12.5 Å². The van der Waals surface area contributed by atoms with Gasteiger partial charge >= 0.3 is 0 Å². The molecule has 1 N–H and O–H groups in total. The van der Waals surface area contributed by atoms with Gasteiger partial charge in [-0.05, 0) is 43.9 Å². The van der Waals surface area contributed by atoms with E-state index >= 15 is 0 Å². The first kappa shape index (κ1) is 11.3. The predicted molar refractivity (Wildman–Crippen MR) is 69.1 cm³/mol. The van der Waals surface area contributed by atoms with Crippen LogP contribution < -0.4 is 5.32 Å². The molecule has 0 saturated heterocycles. The van der Waals surface area contributed by atoms with Crippen molar-refractivity contribution in [1.29, 1.82) is 0 Å². The molecule has 1 heterocycles. The molecular weight excluding hydrogens is 234 g/mol. The second-order valence-corrected chi connectivity index (χ2v) is 5.90. The molecule has 2 aliphatic rings. The summed E-state index contributed by atoms with van der Waals surface area (Å²) >= 11 is 6.07. The van der Waals surface area contributed by atoms with Gasteiger partial charge in [0.15, 0.2) is 0 Å². The molecule has 17 heavy (non-hydrogen) atoms. The smallest absolute Gasteiger partial charge is 0.148 e. The van der Waals surface area contributed by atoms with Gasteiger partial charge in [0.1, 0.15) is 17.2 Å². The van der Waals surface area contributed by atoms with Crippen molar-refractivity contribution in [2.75, 3.05) is 5.32 Å². The third-order valence-electron chi connectivity index (χ3n) is 4.47. The summed E-state index contributed by atoms with van der Waals surface area (Å²) in [4.78, 5) is 8.10. The summed E-state index contributed by atoms with van der Waals surface area (Å²) in [5.41, 5.74) is 0. The fraction of sp³-hybridized carbons (Fsp3) is 0.692. The Labute approximate surface area is 107 Å². The second kappa shape index (κ2) is 4.45. The number of hydrogen-bond donors (Lipinski definition) is 1. The maximum absolute atomic E-state index is 6.07. The molecule has 3 nitrogen and oxygen atoms in total. The van der Waals surface area contributed by atoms with Crippen LogP contribution in [0.25, 0.3) is 0 Å². The zero-order valence-electron chi connectivity index (χ0n) is 10.1. The van der Waals surface area contributed by atoms with Crippen molar-refractivity contribution >= 4 is 17.4 Å². The number of halogens is 1. The minimum absolute atomic E-state index is 0.456. The Morgan fingerprint density at radius 2 is 2.29 bits per heavy atom. The molecule has 1 aromatic rings. The SMILES string of the molecule is CC(Nc1ncncc1Cl)C1CC2CCC1C2. The number of anilines is 1. The number of aromatic nitrogens is 2. The lowest BCUT2D eigenvalue weighted by Gasteiger charge is -2.29. The zero-order chi connectivity index (χ0) is 11.8. The van der Waals surface area contributed by atoms with E-state index in [1.807, 2.05) is 0 Å². The molecule has 4 heteroatoms. The van der Waals surface area contributed by atoms with Crippen LogP contribution in [-0.4, -0.2) is 16.0 Å². The van der Waals surface area contributed by atoms with Gasteiger partial charge in [-0.3, -0.25) is 0 Å². The van der Waals surface area contributed by atoms with E-state index in [2.05, 4.69) is 22.2 Å². The van der Waals surface area contributed by atoms with Crippen LogP contribution in [-0.2, 0) is 0 Å². The summed E-state index contributed by atoms with van der Waals surface area (Å²) in [6.45, 7) is 2.25. The number of nitrogens with one attached hydrogen (secondary N) is 1. The normalized spacial score (nSPS) is 32.7. The van der Waals surface area contributed by atoms with Crippen molar-refractivity contribution in [3.05, 3.63) is 17.5 Å². The monoisotopic (exact) mass is 251 g/mol. The standard InChI is InChI=1S/C13H18ClN3/c1-8(11-5-9-2-3-10(11)4-9)17-13-12(14)6-15-7-16-13/h6-11H,2-5H2,1H3,(H,15,16,17). The summed E-state index contributed by atoms with van der Waals surface area (Å²) in [5.74, 6) is 3.47. The minimum Gasteiger partial charge on any atom is -0.366 e. The summed E-state index contributed by atoms with van der Waals surface area (Å²) in [5, 5.41) is 4.07. The third kappa shape index (κ3) is 2.13. The first-order valence-corrected chi connectivity index (χ1v) is 6.84. The summed E-state index contributed by atoms with van der Waals surface area (Å²) in [6.07, 6.45) is 8.86. The Morgan fingerprint density at radius 3 is 2.94 bits per heavy atom. The van der Waals surface area contributed by atoms with E-state index in [0.717, 1.165) is 23.6 Å². The van der Waals surface area contributed by atoms with Gasteiger partial charge in [-0.25, -0.2) is 9.97 Å². The number of rotatable bonds is 3. The molecule has 1 aromatic heterocycles. The molecule has 4 atom stereocenters. The molecule has 0 radical (unpaired) electrons. The Kier molecular flexibility index (Phi) is 2.95. The van der Waals surface area contributed by atoms with Crippen molar-refractivity contribution in [1.82, 2.24) is 9.97 Å². The molecule has 2 saturated carbocycles. The molecule has 4 unspecified atom stereocenters. The molecule has 92 valence electrons. The highest BCUT2D eigenvalue weighted by Crippen LogP contribution is 2.49. The topological polar surface area (TPSA) is 37.8 Å². The maximum Gasteiger partial charge on any atom is 0.148 e. The zero-order valence-corrected chi connectivity index (χ0v) is 10.8. The highest BCUT2D eigenvalue weighted by molar-refractivity contribution is 6.32. The van der Waals surface area contributed by atoms with Crippen LogP contribution in [0.2, 0.25) is 5.02 Å². The van der Waals surface area contributed by atoms with Gasteiger partial charge in [-0.1, -0.05) is 18.0 Å². The van der Waals surface area contributed by atoms with Gasteiger partial charge in [-0.15, -0.1) is 0 Å². The Morgan fingerprint density at radius 1 is 1.41 bits per heavy atom. The van der Waals surface area contributed by atoms with Gasteiger partial charge < -0.3 is 5.32 Å². The number of fused-ring (bicyclic) bond motifs is 2. The summed E-state index contributed by atoms with van der Waals surface area (Å²) < 4.78 is 0. The van der Waals surface area contributed by atoms with E-state index in [1.54, 1.807) is 12.5 Å². The Balaban J connectivity index is 1.68. The molecule has 3 rings (SSSR count). The molecule has 0 amide bonds. The summed E-state index contributed by atoms with van der Waals surface area (Å²) in [6, 6.07) is 0.456. The average Bonchev–Trinajstić information content (AvgIpc) is 2.94. The Bertz CT molecular complexity index is 409. The van der Waals surface area contributed by atoms with Gasteiger partial charge in [0, 0.05) is 6.04 Å². The second-order valence-electron chi connectivity index (χ2n) is 5.49. The van der Waals surface area contributed by atoms with Crippen molar-refractivity contribution in [2.24, 2.45) is 17.8 Å². The van der Waals surface area contributed by atoms with Crippen LogP contribution in [0, 0.1) is 17.8 Å². The van der Waals surface area contributed by atoms with Crippen LogP contribution in [0.1, 0.15) is 32.6 Å². The average molecular weight is 252 g/mol. The predicted octanol–water partition coefficient (Wildman–Crippen LogP) is 3.37. The first-order valence-electron chi connectivity index (χ1n) is 6.46. The van der Waals surface area contributed by atoms with Crippen molar-refractivity contribution < 1.29 is 0 Å². The van der Waals surface area contributed by atoms with Crippen molar-refractivity contribution in [3.63, 3.8) is 0 Å². The molecule has 2 bridgehead atoms. The molecule has 0 aromatic carbocycles. The maximum atomic E-state index is 6.07. The van der Waals surface area contributed by atoms with E-state index in [4.69, 9.17) is 11.6 Å². The van der Waals surface area contributed by atoms with Gasteiger partial charge in [0.25, 0.3) is 0 Å². The van der Waals surface area contributed by atoms with Crippen LogP contribution in [0.3, 0.4) is 0 Å². The molecular formula is C13H18ClN3. The van der Waals surface area contributed by atoms with Crippen molar-refractivity contribution in [2.45, 2.75) is 38.6 Å². The fourth-order valence-electron chi connectivity index (χ4n) is 3.65. The van der Waals surface area contributed by atoms with Crippen molar-refractivity contribution in [3.8, 4) is 0 Å². The molecule has 2 fully saturated rings. The van der Waals surface area contributed by atoms with E-state index in [9.17, 15) is 0 Å². The lowest BCUT2D eigenvalue weighted by molar-refractivity contribution is 0.304. The quantitative estimate of drug-likeness (QED) is 0.895.